The zero-order chi connectivity index (χ0) is 14.0. The molecule has 0 fully saturated rings. The van der Waals surface area contributed by atoms with Crippen molar-refractivity contribution in [1.29, 1.82) is 5.26 Å². The second-order valence-corrected chi connectivity index (χ2v) is 4.56. The predicted molar refractivity (Wildman–Crippen MR) is 74.0 cm³/mol. The minimum atomic E-state index is 0.581. The van der Waals surface area contributed by atoms with Gasteiger partial charge in [0.25, 0.3) is 0 Å². The quantitative estimate of drug-likeness (QED) is 0.864. The maximum Gasteiger partial charge on any atom is 0.146 e. The van der Waals surface area contributed by atoms with Crippen LogP contribution in [0.25, 0.3) is 5.69 Å². The van der Waals surface area contributed by atoms with Crippen LogP contribution in [0.2, 0.25) is 5.02 Å². The highest BCUT2D eigenvalue weighted by Gasteiger charge is 2.15. The molecule has 0 aliphatic carbocycles. The molecule has 1 heterocycles. The van der Waals surface area contributed by atoms with E-state index in [1.165, 1.54) is 0 Å². The highest BCUT2D eigenvalue weighted by molar-refractivity contribution is 6.31. The van der Waals surface area contributed by atoms with Crippen LogP contribution in [0.3, 0.4) is 0 Å². The second-order valence-electron chi connectivity index (χ2n) is 4.16. The summed E-state index contributed by atoms with van der Waals surface area (Å²) in [6.07, 6.45) is 2.29. The molecule has 0 aliphatic rings. The fourth-order valence-corrected chi connectivity index (χ4v) is 2.15. The molecule has 0 saturated carbocycles. The van der Waals surface area contributed by atoms with E-state index in [9.17, 15) is 0 Å². The number of aromatic nitrogens is 2. The van der Waals surface area contributed by atoms with E-state index in [1.807, 2.05) is 19.9 Å². The van der Waals surface area contributed by atoms with E-state index in [2.05, 4.69) is 11.2 Å². The Morgan fingerprint density at radius 3 is 2.79 bits per heavy atom. The summed E-state index contributed by atoms with van der Waals surface area (Å²) in [4.78, 5) is 0. The lowest BCUT2D eigenvalue weighted by molar-refractivity contribution is 0.411. The Kier molecular flexibility index (Phi) is 3.77. The van der Waals surface area contributed by atoms with Crippen LogP contribution < -0.4 is 4.74 Å². The van der Waals surface area contributed by atoms with E-state index in [4.69, 9.17) is 21.6 Å². The van der Waals surface area contributed by atoms with Crippen LogP contribution in [0.15, 0.2) is 18.3 Å². The normalized spacial score (nSPS) is 10.3. The first-order valence-corrected chi connectivity index (χ1v) is 6.31. The molecule has 0 atom stereocenters. The third-order valence-corrected chi connectivity index (χ3v) is 3.42. The summed E-state index contributed by atoms with van der Waals surface area (Å²) in [5, 5.41) is 14.0. The van der Waals surface area contributed by atoms with Crippen molar-refractivity contribution in [2.75, 3.05) is 7.11 Å². The van der Waals surface area contributed by atoms with Crippen LogP contribution in [0, 0.1) is 18.3 Å². The SMILES string of the molecule is CCc1c(C#N)cnn1-c1cc(C)c(Cl)cc1OC. The summed E-state index contributed by atoms with van der Waals surface area (Å²) in [5.41, 5.74) is 3.18. The van der Waals surface area contributed by atoms with Crippen LogP contribution >= 0.6 is 11.6 Å². The Morgan fingerprint density at radius 2 is 2.21 bits per heavy atom. The molecule has 1 aromatic carbocycles. The first-order chi connectivity index (χ1) is 9.12. The lowest BCUT2D eigenvalue weighted by Crippen LogP contribution is -2.05. The monoisotopic (exact) mass is 275 g/mol. The van der Waals surface area contributed by atoms with Gasteiger partial charge in [-0.05, 0) is 25.0 Å². The molecule has 0 amide bonds. The topological polar surface area (TPSA) is 50.8 Å². The zero-order valence-corrected chi connectivity index (χ0v) is 11.8. The van der Waals surface area contributed by atoms with Crippen LogP contribution in [0.5, 0.6) is 5.75 Å². The van der Waals surface area contributed by atoms with Gasteiger partial charge in [-0.3, -0.25) is 0 Å². The standard InChI is InChI=1S/C14H14ClN3O/c1-4-12-10(7-16)8-17-18(12)13-5-9(2)11(15)6-14(13)19-3/h5-6,8H,4H2,1-3H3. The first kappa shape index (κ1) is 13.4. The van der Waals surface area contributed by atoms with E-state index in [0.29, 0.717) is 22.8 Å². The number of ether oxygens (including phenoxy) is 1. The number of hydrogen-bond donors (Lipinski definition) is 0. The van der Waals surface area contributed by atoms with Crippen molar-refractivity contribution in [3.8, 4) is 17.5 Å². The Hall–Kier alpha value is -1.99. The van der Waals surface area contributed by atoms with Gasteiger partial charge in [-0.25, -0.2) is 4.68 Å². The molecule has 2 rings (SSSR count). The second kappa shape index (κ2) is 5.33. The molecule has 2 aromatic rings. The molecule has 0 bridgehead atoms. The van der Waals surface area contributed by atoms with E-state index in [-0.39, 0.29) is 0 Å². The number of halogens is 1. The summed E-state index contributed by atoms with van der Waals surface area (Å²) < 4.78 is 7.09. The average molecular weight is 276 g/mol. The van der Waals surface area contributed by atoms with Gasteiger partial charge in [0.05, 0.1) is 24.6 Å². The highest BCUT2D eigenvalue weighted by atomic mass is 35.5. The number of nitrogens with zero attached hydrogens (tertiary/aromatic N) is 3. The first-order valence-electron chi connectivity index (χ1n) is 5.93. The van der Waals surface area contributed by atoms with Crippen molar-refractivity contribution >= 4 is 11.6 Å². The minimum absolute atomic E-state index is 0.581. The van der Waals surface area contributed by atoms with Gasteiger partial charge in [0, 0.05) is 11.1 Å². The van der Waals surface area contributed by atoms with Crippen molar-refractivity contribution in [2.45, 2.75) is 20.3 Å². The van der Waals surface area contributed by atoms with Gasteiger partial charge in [-0.1, -0.05) is 18.5 Å². The Balaban J connectivity index is 2.68. The van der Waals surface area contributed by atoms with Gasteiger partial charge in [0.1, 0.15) is 17.5 Å². The largest absolute Gasteiger partial charge is 0.494 e. The molecule has 0 radical (unpaired) electrons. The van der Waals surface area contributed by atoms with Gasteiger partial charge in [-0.15, -0.1) is 0 Å². The fourth-order valence-electron chi connectivity index (χ4n) is 1.99. The van der Waals surface area contributed by atoms with Gasteiger partial charge in [-0.2, -0.15) is 10.4 Å². The van der Waals surface area contributed by atoms with Crippen molar-refractivity contribution < 1.29 is 4.74 Å². The summed E-state index contributed by atoms with van der Waals surface area (Å²) in [6.45, 7) is 3.91. The molecule has 0 N–H and O–H groups in total. The molecule has 0 aliphatic heterocycles. The third-order valence-electron chi connectivity index (χ3n) is 3.01. The van der Waals surface area contributed by atoms with Crippen LogP contribution in [0.4, 0.5) is 0 Å². The maximum absolute atomic E-state index is 9.08. The van der Waals surface area contributed by atoms with Gasteiger partial charge < -0.3 is 4.74 Å². The molecular formula is C14H14ClN3O. The van der Waals surface area contributed by atoms with Gasteiger partial charge >= 0.3 is 0 Å². The summed E-state index contributed by atoms with van der Waals surface area (Å²) in [5.74, 6) is 0.637. The van der Waals surface area contributed by atoms with Crippen molar-refractivity contribution in [3.63, 3.8) is 0 Å². The smallest absolute Gasteiger partial charge is 0.146 e. The molecular weight excluding hydrogens is 262 g/mol. The molecule has 0 spiro atoms. The highest BCUT2D eigenvalue weighted by Crippen LogP contribution is 2.30. The average Bonchev–Trinajstić information content (AvgIpc) is 2.83. The molecule has 5 heteroatoms. The van der Waals surface area contributed by atoms with E-state index >= 15 is 0 Å². The summed E-state index contributed by atoms with van der Waals surface area (Å²) in [6, 6.07) is 5.82. The molecule has 1 aromatic heterocycles. The van der Waals surface area contributed by atoms with Gasteiger partial charge in [0.2, 0.25) is 0 Å². The van der Waals surface area contributed by atoms with E-state index in [1.54, 1.807) is 24.1 Å². The number of nitriles is 1. The van der Waals surface area contributed by atoms with Crippen LogP contribution in [-0.4, -0.2) is 16.9 Å². The zero-order valence-electron chi connectivity index (χ0n) is 11.1. The van der Waals surface area contributed by atoms with Crippen LogP contribution in [-0.2, 0) is 6.42 Å². The summed E-state index contributed by atoms with van der Waals surface area (Å²) in [7, 11) is 1.59. The number of hydrogen-bond acceptors (Lipinski definition) is 3. The van der Waals surface area contributed by atoms with Crippen molar-refractivity contribution in [3.05, 3.63) is 40.2 Å². The molecule has 19 heavy (non-hydrogen) atoms. The lowest BCUT2D eigenvalue weighted by atomic mass is 10.2. The number of benzene rings is 1. The fraction of sp³-hybridized carbons (Fsp3) is 0.286. The predicted octanol–water partition coefficient (Wildman–Crippen LogP) is 3.28. The Bertz CT molecular complexity index is 655. The summed E-state index contributed by atoms with van der Waals surface area (Å²) >= 11 is 6.10. The Labute approximate surface area is 117 Å². The van der Waals surface area contributed by atoms with Crippen molar-refractivity contribution in [1.82, 2.24) is 9.78 Å². The van der Waals surface area contributed by atoms with E-state index in [0.717, 1.165) is 16.9 Å². The third kappa shape index (κ3) is 2.29. The minimum Gasteiger partial charge on any atom is -0.494 e. The molecule has 0 unspecified atom stereocenters. The van der Waals surface area contributed by atoms with Gasteiger partial charge in [0.15, 0.2) is 0 Å². The number of rotatable bonds is 3. The van der Waals surface area contributed by atoms with Crippen molar-refractivity contribution in [2.24, 2.45) is 0 Å². The lowest BCUT2D eigenvalue weighted by Gasteiger charge is -2.13. The molecule has 4 nitrogen and oxygen atoms in total. The number of methoxy groups -OCH3 is 1. The Morgan fingerprint density at radius 1 is 1.47 bits per heavy atom. The molecule has 0 saturated heterocycles. The number of aryl methyl sites for hydroxylation is 1. The van der Waals surface area contributed by atoms with E-state index < -0.39 is 0 Å². The molecule has 98 valence electrons. The van der Waals surface area contributed by atoms with Crippen LogP contribution in [0.1, 0.15) is 23.7 Å². The maximum atomic E-state index is 9.08.